The molecular formula is C19H26FNO2. The molecule has 4 heteroatoms. The van der Waals surface area contributed by atoms with E-state index in [-0.39, 0.29) is 29.7 Å². The standard InChI is InChI=1S/C19H26FNO2/c1-14-6-7-15(11-16(14)20)12-18(22)21-10-4-9-19(13-21)8-3-5-17(19)23-2/h6-7,11,17H,3-5,8-10,12-13H2,1-2H3/t17-,19+/m1/s1. The van der Waals surface area contributed by atoms with Crippen molar-refractivity contribution in [3.63, 3.8) is 0 Å². The van der Waals surface area contributed by atoms with E-state index in [1.807, 2.05) is 11.0 Å². The van der Waals surface area contributed by atoms with Crippen molar-refractivity contribution in [1.29, 1.82) is 0 Å². The van der Waals surface area contributed by atoms with Gasteiger partial charge in [-0.05, 0) is 49.8 Å². The van der Waals surface area contributed by atoms with Gasteiger partial charge in [0.1, 0.15) is 5.82 Å². The molecule has 1 saturated carbocycles. The second kappa shape index (κ2) is 6.60. The van der Waals surface area contributed by atoms with Crippen LogP contribution >= 0.6 is 0 Å². The number of amides is 1. The van der Waals surface area contributed by atoms with Crippen LogP contribution in [0.5, 0.6) is 0 Å². The molecule has 1 heterocycles. The largest absolute Gasteiger partial charge is 0.381 e. The van der Waals surface area contributed by atoms with Gasteiger partial charge in [-0.2, -0.15) is 0 Å². The normalized spacial score (nSPS) is 27.6. The molecule has 2 atom stereocenters. The van der Waals surface area contributed by atoms with Crippen molar-refractivity contribution >= 4 is 5.91 Å². The van der Waals surface area contributed by atoms with Crippen LogP contribution in [0.2, 0.25) is 0 Å². The van der Waals surface area contributed by atoms with E-state index in [9.17, 15) is 9.18 Å². The van der Waals surface area contributed by atoms with Crippen molar-refractivity contribution < 1.29 is 13.9 Å². The molecule has 0 radical (unpaired) electrons. The van der Waals surface area contributed by atoms with Gasteiger partial charge in [-0.3, -0.25) is 4.79 Å². The average Bonchev–Trinajstić information content (AvgIpc) is 2.92. The summed E-state index contributed by atoms with van der Waals surface area (Å²) in [6.07, 6.45) is 6.17. The fraction of sp³-hybridized carbons (Fsp3) is 0.632. The Hall–Kier alpha value is -1.42. The van der Waals surface area contributed by atoms with Gasteiger partial charge >= 0.3 is 0 Å². The Morgan fingerprint density at radius 1 is 1.39 bits per heavy atom. The van der Waals surface area contributed by atoms with Crippen molar-refractivity contribution in [3.05, 3.63) is 35.1 Å². The number of carbonyl (C=O) groups excluding carboxylic acids is 1. The highest BCUT2D eigenvalue weighted by Gasteiger charge is 2.46. The summed E-state index contributed by atoms with van der Waals surface area (Å²) < 4.78 is 19.4. The number of benzene rings is 1. The highest BCUT2D eigenvalue weighted by Crippen LogP contribution is 2.46. The van der Waals surface area contributed by atoms with Gasteiger partial charge in [0.25, 0.3) is 0 Å². The van der Waals surface area contributed by atoms with Crippen molar-refractivity contribution in [2.75, 3.05) is 20.2 Å². The van der Waals surface area contributed by atoms with E-state index >= 15 is 0 Å². The summed E-state index contributed by atoms with van der Waals surface area (Å²) >= 11 is 0. The molecule has 0 aromatic heterocycles. The minimum Gasteiger partial charge on any atom is -0.381 e. The van der Waals surface area contributed by atoms with Crippen LogP contribution in [0, 0.1) is 18.2 Å². The Labute approximate surface area is 137 Å². The van der Waals surface area contributed by atoms with E-state index in [0.717, 1.165) is 44.3 Å². The SMILES string of the molecule is CO[C@@H]1CCC[C@@]12CCCN(C(=O)Cc1ccc(C)c(F)c1)C2. The van der Waals surface area contributed by atoms with Crippen molar-refractivity contribution in [3.8, 4) is 0 Å². The smallest absolute Gasteiger partial charge is 0.227 e. The topological polar surface area (TPSA) is 29.5 Å². The number of ether oxygens (including phenoxy) is 1. The molecule has 1 aliphatic heterocycles. The maximum Gasteiger partial charge on any atom is 0.227 e. The number of aryl methyl sites for hydroxylation is 1. The maximum absolute atomic E-state index is 13.7. The number of hydrogen-bond acceptors (Lipinski definition) is 2. The molecule has 1 aliphatic carbocycles. The molecule has 1 saturated heterocycles. The zero-order valence-electron chi connectivity index (χ0n) is 14.1. The van der Waals surface area contributed by atoms with Crippen LogP contribution in [-0.2, 0) is 16.0 Å². The lowest BCUT2D eigenvalue weighted by molar-refractivity contribution is -0.136. The summed E-state index contributed by atoms with van der Waals surface area (Å²) in [6.45, 7) is 3.34. The first-order valence-electron chi connectivity index (χ1n) is 8.60. The van der Waals surface area contributed by atoms with E-state index in [4.69, 9.17) is 4.74 Å². The predicted molar refractivity (Wildman–Crippen MR) is 87.7 cm³/mol. The number of nitrogens with zero attached hydrogens (tertiary/aromatic N) is 1. The lowest BCUT2D eigenvalue weighted by Crippen LogP contribution is -2.50. The molecular weight excluding hydrogens is 293 g/mol. The van der Waals surface area contributed by atoms with Crippen LogP contribution in [0.3, 0.4) is 0 Å². The molecule has 1 spiro atoms. The predicted octanol–water partition coefficient (Wildman–Crippen LogP) is 3.48. The van der Waals surface area contributed by atoms with E-state index < -0.39 is 0 Å². The molecule has 1 amide bonds. The van der Waals surface area contributed by atoms with Gasteiger partial charge in [-0.15, -0.1) is 0 Å². The van der Waals surface area contributed by atoms with Crippen molar-refractivity contribution in [2.45, 2.75) is 51.6 Å². The van der Waals surface area contributed by atoms with Gasteiger partial charge in [0, 0.05) is 25.6 Å². The fourth-order valence-electron chi connectivity index (χ4n) is 4.35. The third-order valence-corrected chi connectivity index (χ3v) is 5.66. The number of halogens is 1. The minimum absolute atomic E-state index is 0.106. The molecule has 1 aromatic carbocycles. The van der Waals surface area contributed by atoms with Crippen LogP contribution in [0.4, 0.5) is 4.39 Å². The number of carbonyl (C=O) groups is 1. The molecule has 23 heavy (non-hydrogen) atoms. The number of hydrogen-bond donors (Lipinski definition) is 0. The number of piperidine rings is 1. The Balaban J connectivity index is 1.68. The van der Waals surface area contributed by atoms with E-state index in [1.54, 1.807) is 20.1 Å². The average molecular weight is 319 g/mol. The number of methoxy groups -OCH3 is 1. The number of rotatable bonds is 3. The third-order valence-electron chi connectivity index (χ3n) is 5.66. The highest BCUT2D eigenvalue weighted by atomic mass is 19.1. The monoisotopic (exact) mass is 319 g/mol. The summed E-state index contributed by atoms with van der Waals surface area (Å²) in [5.41, 5.74) is 1.51. The molecule has 0 unspecified atom stereocenters. The summed E-state index contributed by atoms with van der Waals surface area (Å²) in [7, 11) is 1.79. The molecule has 3 nitrogen and oxygen atoms in total. The van der Waals surface area contributed by atoms with Crippen molar-refractivity contribution in [2.24, 2.45) is 5.41 Å². The molecule has 2 fully saturated rings. The number of likely N-dealkylation sites (tertiary alicyclic amines) is 1. The van der Waals surface area contributed by atoms with Gasteiger partial charge < -0.3 is 9.64 Å². The first-order chi connectivity index (χ1) is 11.0. The van der Waals surface area contributed by atoms with E-state index in [1.165, 1.54) is 12.5 Å². The van der Waals surface area contributed by atoms with Gasteiger partial charge in [-0.25, -0.2) is 4.39 Å². The fourth-order valence-corrected chi connectivity index (χ4v) is 4.35. The zero-order valence-corrected chi connectivity index (χ0v) is 14.1. The first-order valence-corrected chi connectivity index (χ1v) is 8.60. The molecule has 0 bridgehead atoms. The summed E-state index contributed by atoms with van der Waals surface area (Å²) in [5, 5.41) is 0. The molecule has 126 valence electrons. The summed E-state index contributed by atoms with van der Waals surface area (Å²) in [5.74, 6) is -0.130. The Kier molecular flexibility index (Phi) is 4.72. The van der Waals surface area contributed by atoms with Gasteiger partial charge in [0.15, 0.2) is 0 Å². The van der Waals surface area contributed by atoms with Crippen LogP contribution in [0.25, 0.3) is 0 Å². The molecule has 2 aliphatic rings. The minimum atomic E-state index is -0.236. The first kappa shape index (κ1) is 16.4. The second-order valence-corrected chi connectivity index (χ2v) is 7.16. The second-order valence-electron chi connectivity index (χ2n) is 7.16. The van der Waals surface area contributed by atoms with E-state index in [0.29, 0.717) is 5.56 Å². The Bertz CT molecular complexity index is 589. The molecule has 1 aromatic rings. The van der Waals surface area contributed by atoms with Crippen molar-refractivity contribution in [1.82, 2.24) is 4.90 Å². The van der Waals surface area contributed by atoms with Gasteiger partial charge in [-0.1, -0.05) is 18.6 Å². The van der Waals surface area contributed by atoms with Gasteiger partial charge in [0.05, 0.1) is 12.5 Å². The quantitative estimate of drug-likeness (QED) is 0.853. The molecule has 3 rings (SSSR count). The maximum atomic E-state index is 13.7. The highest BCUT2D eigenvalue weighted by molar-refractivity contribution is 5.79. The van der Waals surface area contributed by atoms with Crippen LogP contribution in [0.1, 0.15) is 43.2 Å². The van der Waals surface area contributed by atoms with Crippen LogP contribution in [-0.4, -0.2) is 37.1 Å². The lowest BCUT2D eigenvalue weighted by Gasteiger charge is -2.43. The Morgan fingerprint density at radius 3 is 2.91 bits per heavy atom. The summed E-state index contributed by atoms with van der Waals surface area (Å²) in [6, 6.07) is 5.08. The zero-order chi connectivity index (χ0) is 16.4. The van der Waals surface area contributed by atoms with Crippen LogP contribution in [0.15, 0.2) is 18.2 Å². The van der Waals surface area contributed by atoms with E-state index in [2.05, 4.69) is 0 Å². The lowest BCUT2D eigenvalue weighted by atomic mass is 9.76. The third kappa shape index (κ3) is 3.27. The Morgan fingerprint density at radius 2 is 2.17 bits per heavy atom. The van der Waals surface area contributed by atoms with Crippen LogP contribution < -0.4 is 0 Å². The summed E-state index contributed by atoms with van der Waals surface area (Å²) in [4.78, 5) is 14.6. The van der Waals surface area contributed by atoms with Gasteiger partial charge in [0.2, 0.25) is 5.91 Å². The molecule has 0 N–H and O–H groups in total.